The van der Waals surface area contributed by atoms with E-state index in [4.69, 9.17) is 10.5 Å². The van der Waals surface area contributed by atoms with Crippen LogP contribution in [0.15, 0.2) is 48.8 Å². The van der Waals surface area contributed by atoms with Gasteiger partial charge in [-0.25, -0.2) is 9.37 Å². The molecule has 2 aromatic heterocycles. The Labute approximate surface area is 115 Å². The average Bonchev–Trinajstić information content (AvgIpc) is 2.88. The minimum absolute atomic E-state index is 0.0764. The lowest BCUT2D eigenvalue weighted by atomic mass is 10.2. The zero-order chi connectivity index (χ0) is 13.9. The lowest BCUT2D eigenvalue weighted by Gasteiger charge is -2.03. The van der Waals surface area contributed by atoms with Crippen LogP contribution in [0.4, 0.5) is 10.1 Å². The number of fused-ring (bicyclic) bond motifs is 1. The van der Waals surface area contributed by atoms with Crippen molar-refractivity contribution in [3.05, 3.63) is 48.8 Å². The van der Waals surface area contributed by atoms with Crippen LogP contribution in [-0.4, -0.2) is 22.7 Å². The van der Waals surface area contributed by atoms with Gasteiger partial charge in [-0.2, -0.15) is 0 Å². The molecular formula is C15H14FN3O. The van der Waals surface area contributed by atoms with Gasteiger partial charge in [0.1, 0.15) is 24.7 Å². The second kappa shape index (κ2) is 5.21. The van der Waals surface area contributed by atoms with E-state index in [0.717, 1.165) is 16.9 Å². The monoisotopic (exact) mass is 271 g/mol. The van der Waals surface area contributed by atoms with Crippen LogP contribution in [-0.2, 0) is 0 Å². The molecule has 3 aromatic rings. The second-order valence-electron chi connectivity index (χ2n) is 4.41. The van der Waals surface area contributed by atoms with E-state index in [9.17, 15) is 4.39 Å². The van der Waals surface area contributed by atoms with Crippen molar-refractivity contribution in [1.29, 1.82) is 0 Å². The summed E-state index contributed by atoms with van der Waals surface area (Å²) in [5.74, 6) is 0.652. The lowest BCUT2D eigenvalue weighted by molar-refractivity contribution is 0.273. The van der Waals surface area contributed by atoms with Crippen LogP contribution in [0.25, 0.3) is 16.9 Å². The van der Waals surface area contributed by atoms with Gasteiger partial charge in [-0.3, -0.25) is 0 Å². The Morgan fingerprint density at radius 2 is 2.00 bits per heavy atom. The molecule has 0 amide bonds. The third-order valence-corrected chi connectivity index (χ3v) is 2.98. The Hall–Kier alpha value is -2.56. The van der Waals surface area contributed by atoms with Gasteiger partial charge < -0.3 is 14.9 Å². The van der Waals surface area contributed by atoms with E-state index in [1.165, 1.54) is 0 Å². The number of hydrogen-bond acceptors (Lipinski definition) is 3. The summed E-state index contributed by atoms with van der Waals surface area (Å²) in [5, 5.41) is 0. The summed E-state index contributed by atoms with van der Waals surface area (Å²) in [6, 6.07) is 11.1. The molecule has 0 saturated heterocycles. The van der Waals surface area contributed by atoms with Gasteiger partial charge in [0.15, 0.2) is 0 Å². The smallest absolute Gasteiger partial charge is 0.139 e. The second-order valence-corrected chi connectivity index (χ2v) is 4.41. The van der Waals surface area contributed by atoms with Gasteiger partial charge in [-0.15, -0.1) is 0 Å². The van der Waals surface area contributed by atoms with Crippen LogP contribution in [0.2, 0.25) is 0 Å². The number of hydrogen-bond donors (Lipinski definition) is 1. The predicted molar refractivity (Wildman–Crippen MR) is 76.5 cm³/mol. The molecule has 0 aliphatic rings. The largest absolute Gasteiger partial charge is 0.491 e. The van der Waals surface area contributed by atoms with Gasteiger partial charge in [-0.05, 0) is 30.3 Å². The maximum Gasteiger partial charge on any atom is 0.139 e. The van der Waals surface area contributed by atoms with Crippen molar-refractivity contribution in [2.75, 3.05) is 19.0 Å². The SMILES string of the molecule is Nc1ccn2cc(-c3ccc(OCCF)cc3)nc2c1. The molecule has 20 heavy (non-hydrogen) atoms. The first-order chi connectivity index (χ1) is 9.76. The highest BCUT2D eigenvalue weighted by Gasteiger charge is 2.05. The summed E-state index contributed by atoms with van der Waals surface area (Å²) in [5.41, 5.74) is 9.05. The van der Waals surface area contributed by atoms with E-state index < -0.39 is 6.67 Å². The number of benzene rings is 1. The van der Waals surface area contributed by atoms with Gasteiger partial charge in [0.2, 0.25) is 0 Å². The van der Waals surface area contributed by atoms with Crippen LogP contribution in [0, 0.1) is 0 Å². The first-order valence-corrected chi connectivity index (χ1v) is 6.30. The molecule has 0 aliphatic heterocycles. The van der Waals surface area contributed by atoms with Crippen LogP contribution in [0.3, 0.4) is 0 Å². The molecule has 5 heteroatoms. The van der Waals surface area contributed by atoms with Crippen molar-refractivity contribution in [2.24, 2.45) is 0 Å². The molecular weight excluding hydrogens is 257 g/mol. The number of halogens is 1. The van der Waals surface area contributed by atoms with Gasteiger partial charge in [-0.1, -0.05) is 0 Å². The standard InChI is InChI=1S/C15H14FN3O/c16-6-8-20-13-3-1-11(2-4-13)14-10-19-7-5-12(17)9-15(19)18-14/h1-5,7,9-10H,6,8,17H2. The molecule has 2 N–H and O–H groups in total. The molecule has 1 aromatic carbocycles. The van der Waals surface area contributed by atoms with Gasteiger partial charge in [0, 0.05) is 29.7 Å². The Bertz CT molecular complexity index is 722. The van der Waals surface area contributed by atoms with E-state index in [2.05, 4.69) is 4.98 Å². The fourth-order valence-corrected chi connectivity index (χ4v) is 2.02. The fraction of sp³-hybridized carbons (Fsp3) is 0.133. The number of anilines is 1. The van der Waals surface area contributed by atoms with Crippen LogP contribution in [0.1, 0.15) is 0 Å². The Morgan fingerprint density at radius 3 is 2.75 bits per heavy atom. The minimum atomic E-state index is -0.490. The van der Waals surface area contributed by atoms with Crippen molar-refractivity contribution < 1.29 is 9.13 Å². The summed E-state index contributed by atoms with van der Waals surface area (Å²) >= 11 is 0. The first-order valence-electron chi connectivity index (χ1n) is 6.30. The molecule has 0 spiro atoms. The maximum absolute atomic E-state index is 12.0. The number of imidazole rings is 1. The fourth-order valence-electron chi connectivity index (χ4n) is 2.02. The number of ether oxygens (including phenoxy) is 1. The predicted octanol–water partition coefficient (Wildman–Crippen LogP) is 2.93. The van der Waals surface area contributed by atoms with Crippen LogP contribution < -0.4 is 10.5 Å². The molecule has 0 aliphatic carbocycles. The number of aromatic nitrogens is 2. The van der Waals surface area contributed by atoms with E-state index in [1.807, 2.05) is 53.2 Å². The van der Waals surface area contributed by atoms with Crippen molar-refractivity contribution in [2.45, 2.75) is 0 Å². The number of rotatable bonds is 4. The van der Waals surface area contributed by atoms with E-state index >= 15 is 0 Å². The number of nitrogens with zero attached hydrogens (tertiary/aromatic N) is 2. The van der Waals surface area contributed by atoms with Crippen molar-refractivity contribution >= 4 is 11.3 Å². The molecule has 0 fully saturated rings. The molecule has 0 atom stereocenters. The molecule has 0 bridgehead atoms. The molecule has 102 valence electrons. The highest BCUT2D eigenvalue weighted by atomic mass is 19.1. The highest BCUT2D eigenvalue weighted by molar-refractivity contribution is 5.65. The third-order valence-electron chi connectivity index (χ3n) is 2.98. The van der Waals surface area contributed by atoms with Crippen LogP contribution >= 0.6 is 0 Å². The zero-order valence-corrected chi connectivity index (χ0v) is 10.8. The average molecular weight is 271 g/mol. The molecule has 0 unspecified atom stereocenters. The van der Waals surface area contributed by atoms with E-state index in [0.29, 0.717) is 11.4 Å². The molecule has 0 radical (unpaired) electrons. The van der Waals surface area contributed by atoms with Gasteiger partial charge in [0.25, 0.3) is 0 Å². The topological polar surface area (TPSA) is 52.5 Å². The van der Waals surface area contributed by atoms with E-state index in [-0.39, 0.29) is 6.61 Å². The summed E-state index contributed by atoms with van der Waals surface area (Å²) < 4.78 is 19.1. The number of nitrogens with two attached hydrogens (primary N) is 1. The first kappa shape index (κ1) is 12.5. The van der Waals surface area contributed by atoms with E-state index in [1.54, 1.807) is 0 Å². The lowest BCUT2D eigenvalue weighted by Crippen LogP contribution is -1.98. The number of pyridine rings is 1. The number of alkyl halides is 1. The summed E-state index contributed by atoms with van der Waals surface area (Å²) in [7, 11) is 0. The van der Waals surface area contributed by atoms with Crippen molar-refractivity contribution in [3.8, 4) is 17.0 Å². The molecule has 0 saturated carbocycles. The highest BCUT2D eigenvalue weighted by Crippen LogP contribution is 2.22. The minimum Gasteiger partial charge on any atom is -0.491 e. The summed E-state index contributed by atoms with van der Waals surface area (Å²) in [6.07, 6.45) is 3.81. The zero-order valence-electron chi connectivity index (χ0n) is 10.8. The van der Waals surface area contributed by atoms with Gasteiger partial charge in [0.05, 0.1) is 5.69 Å². The normalized spacial score (nSPS) is 10.8. The maximum atomic E-state index is 12.0. The Morgan fingerprint density at radius 1 is 1.20 bits per heavy atom. The molecule has 3 rings (SSSR count). The molecule has 4 nitrogen and oxygen atoms in total. The van der Waals surface area contributed by atoms with Crippen LogP contribution in [0.5, 0.6) is 5.75 Å². The number of nitrogen functional groups attached to an aromatic ring is 1. The summed E-state index contributed by atoms with van der Waals surface area (Å²) in [6.45, 7) is -0.414. The Kier molecular flexibility index (Phi) is 3.25. The summed E-state index contributed by atoms with van der Waals surface area (Å²) in [4.78, 5) is 4.52. The van der Waals surface area contributed by atoms with Gasteiger partial charge >= 0.3 is 0 Å². The third kappa shape index (κ3) is 2.42. The quantitative estimate of drug-likeness (QED) is 0.793. The van der Waals surface area contributed by atoms with Crippen molar-refractivity contribution in [3.63, 3.8) is 0 Å². The van der Waals surface area contributed by atoms with Crippen molar-refractivity contribution in [1.82, 2.24) is 9.38 Å². The molecule has 2 heterocycles. The Balaban J connectivity index is 1.90.